The Morgan fingerprint density at radius 1 is 1.47 bits per heavy atom. The molecular formula is C9H9IN4O. The summed E-state index contributed by atoms with van der Waals surface area (Å²) in [7, 11) is 0. The zero-order valence-corrected chi connectivity index (χ0v) is 10.2. The molecule has 2 aromatic heterocycles. The van der Waals surface area contributed by atoms with E-state index in [0.29, 0.717) is 5.95 Å². The topological polar surface area (TPSA) is 63.8 Å². The molecule has 1 N–H and O–H groups in total. The van der Waals surface area contributed by atoms with Crippen molar-refractivity contribution in [1.82, 2.24) is 19.7 Å². The summed E-state index contributed by atoms with van der Waals surface area (Å²) in [6, 6.07) is 0. The van der Waals surface area contributed by atoms with Crippen LogP contribution in [0.4, 0.5) is 0 Å². The molecule has 2 rings (SSSR count). The number of hydrogen-bond acceptors (Lipinski definition) is 4. The average molecular weight is 316 g/mol. The maximum Gasteiger partial charge on any atom is 0.250 e. The minimum absolute atomic E-state index is 0.0389. The van der Waals surface area contributed by atoms with E-state index in [0.717, 1.165) is 14.8 Å². The highest BCUT2D eigenvalue weighted by Crippen LogP contribution is 2.08. The van der Waals surface area contributed by atoms with E-state index in [1.165, 1.54) is 0 Å². The van der Waals surface area contributed by atoms with E-state index in [4.69, 9.17) is 5.11 Å². The van der Waals surface area contributed by atoms with Crippen LogP contribution in [0.15, 0.2) is 18.6 Å². The molecule has 0 atom stereocenters. The monoisotopic (exact) mass is 316 g/mol. The highest BCUT2D eigenvalue weighted by Gasteiger charge is 2.05. The first-order valence-corrected chi connectivity index (χ1v) is 5.42. The van der Waals surface area contributed by atoms with E-state index in [9.17, 15) is 0 Å². The van der Waals surface area contributed by atoms with Gasteiger partial charge in [0.1, 0.15) is 0 Å². The number of aryl methyl sites for hydroxylation is 1. The Morgan fingerprint density at radius 3 is 2.80 bits per heavy atom. The van der Waals surface area contributed by atoms with Crippen LogP contribution in [0, 0.1) is 10.5 Å². The molecule has 2 aromatic rings. The number of halogens is 1. The van der Waals surface area contributed by atoms with Crippen LogP contribution < -0.4 is 0 Å². The van der Waals surface area contributed by atoms with Gasteiger partial charge in [-0.05, 0) is 29.5 Å². The highest BCUT2D eigenvalue weighted by molar-refractivity contribution is 14.1. The summed E-state index contributed by atoms with van der Waals surface area (Å²) in [6.45, 7) is 1.80. The van der Waals surface area contributed by atoms with Gasteiger partial charge in [-0.1, -0.05) is 0 Å². The third-order valence-corrected chi connectivity index (χ3v) is 2.55. The zero-order valence-electron chi connectivity index (χ0n) is 8.05. The molecule has 6 heteroatoms. The van der Waals surface area contributed by atoms with Gasteiger partial charge < -0.3 is 5.11 Å². The maximum atomic E-state index is 8.98. The number of aliphatic hydroxyl groups is 1. The van der Waals surface area contributed by atoms with E-state index in [-0.39, 0.29) is 6.61 Å². The highest BCUT2D eigenvalue weighted by atomic mass is 127. The van der Waals surface area contributed by atoms with Crippen LogP contribution in [0.5, 0.6) is 0 Å². The molecule has 0 saturated carbocycles. The van der Waals surface area contributed by atoms with Gasteiger partial charge in [-0.25, -0.2) is 14.6 Å². The third kappa shape index (κ3) is 2.15. The first-order valence-electron chi connectivity index (χ1n) is 4.34. The number of aromatic nitrogens is 4. The molecule has 2 heterocycles. The zero-order chi connectivity index (χ0) is 10.8. The van der Waals surface area contributed by atoms with Crippen molar-refractivity contribution in [1.29, 1.82) is 0 Å². The predicted molar refractivity (Wildman–Crippen MR) is 62.5 cm³/mol. The number of hydrogen-bond donors (Lipinski definition) is 1. The average Bonchev–Trinajstić information content (AvgIpc) is 2.65. The summed E-state index contributed by atoms with van der Waals surface area (Å²) in [5, 5.41) is 13.1. The smallest absolute Gasteiger partial charge is 0.250 e. The molecule has 78 valence electrons. The van der Waals surface area contributed by atoms with E-state index in [1.54, 1.807) is 17.1 Å². The molecule has 0 aliphatic carbocycles. The van der Waals surface area contributed by atoms with E-state index >= 15 is 0 Å². The van der Waals surface area contributed by atoms with Crippen molar-refractivity contribution in [3.63, 3.8) is 0 Å². The Kier molecular flexibility index (Phi) is 2.96. The second-order valence-corrected chi connectivity index (χ2v) is 4.29. The summed E-state index contributed by atoms with van der Waals surface area (Å²) in [6.07, 6.45) is 5.19. The van der Waals surface area contributed by atoms with Gasteiger partial charge in [0.25, 0.3) is 5.95 Å². The number of rotatable bonds is 2. The van der Waals surface area contributed by atoms with Crippen LogP contribution in [0.1, 0.15) is 11.3 Å². The standard InChI is InChI=1S/C9H9IN4O/c1-6-7(5-15)2-11-9(13-6)14-4-8(10)3-12-14/h2-4,15H,5H2,1H3. The van der Waals surface area contributed by atoms with E-state index in [1.807, 2.05) is 13.1 Å². The molecule has 0 bridgehead atoms. The van der Waals surface area contributed by atoms with Crippen molar-refractivity contribution in [3.05, 3.63) is 33.4 Å². The quantitative estimate of drug-likeness (QED) is 0.842. The van der Waals surface area contributed by atoms with Crippen molar-refractivity contribution in [2.75, 3.05) is 0 Å². The van der Waals surface area contributed by atoms with Crippen LogP contribution >= 0.6 is 22.6 Å². The molecule has 0 aliphatic heterocycles. The van der Waals surface area contributed by atoms with Gasteiger partial charge in [0, 0.05) is 23.7 Å². The SMILES string of the molecule is Cc1nc(-n2cc(I)cn2)ncc1CO. The van der Waals surface area contributed by atoms with Crippen molar-refractivity contribution in [2.45, 2.75) is 13.5 Å². The van der Waals surface area contributed by atoms with Crippen molar-refractivity contribution in [2.24, 2.45) is 0 Å². The number of aliphatic hydroxyl groups excluding tert-OH is 1. The summed E-state index contributed by atoms with van der Waals surface area (Å²) in [4.78, 5) is 8.37. The van der Waals surface area contributed by atoms with Crippen LogP contribution in [-0.2, 0) is 6.61 Å². The summed E-state index contributed by atoms with van der Waals surface area (Å²) >= 11 is 2.17. The maximum absolute atomic E-state index is 8.98. The van der Waals surface area contributed by atoms with Crippen LogP contribution in [0.3, 0.4) is 0 Å². The molecule has 15 heavy (non-hydrogen) atoms. The predicted octanol–water partition coefficient (Wildman–Crippen LogP) is 1.07. The van der Waals surface area contributed by atoms with Gasteiger partial charge in [-0.3, -0.25) is 0 Å². The molecular weight excluding hydrogens is 307 g/mol. The lowest BCUT2D eigenvalue weighted by atomic mass is 10.3. The minimum Gasteiger partial charge on any atom is -0.392 e. The molecule has 0 unspecified atom stereocenters. The summed E-state index contributed by atoms with van der Waals surface area (Å²) in [5.74, 6) is 0.521. The summed E-state index contributed by atoms with van der Waals surface area (Å²) < 4.78 is 2.63. The molecule has 0 aromatic carbocycles. The fraction of sp³-hybridized carbons (Fsp3) is 0.222. The molecule has 5 nitrogen and oxygen atoms in total. The lowest BCUT2D eigenvalue weighted by molar-refractivity contribution is 0.280. The van der Waals surface area contributed by atoms with Gasteiger partial charge in [0.05, 0.1) is 16.4 Å². The Hall–Kier alpha value is -1.02. The van der Waals surface area contributed by atoms with Gasteiger partial charge in [0.2, 0.25) is 0 Å². The molecule has 0 radical (unpaired) electrons. The lowest BCUT2D eigenvalue weighted by Crippen LogP contribution is -2.05. The van der Waals surface area contributed by atoms with E-state index in [2.05, 4.69) is 37.7 Å². The molecule has 0 fully saturated rings. The fourth-order valence-electron chi connectivity index (χ4n) is 1.16. The number of nitrogens with zero attached hydrogens (tertiary/aromatic N) is 4. The molecule has 0 amide bonds. The van der Waals surface area contributed by atoms with Gasteiger partial charge in [0.15, 0.2) is 0 Å². The minimum atomic E-state index is -0.0389. The fourth-order valence-corrected chi connectivity index (χ4v) is 1.54. The van der Waals surface area contributed by atoms with Gasteiger partial charge in [-0.15, -0.1) is 0 Å². The van der Waals surface area contributed by atoms with Gasteiger partial charge in [-0.2, -0.15) is 5.10 Å². The normalized spacial score (nSPS) is 10.6. The van der Waals surface area contributed by atoms with Crippen LogP contribution in [-0.4, -0.2) is 24.9 Å². The Morgan fingerprint density at radius 2 is 2.27 bits per heavy atom. The van der Waals surface area contributed by atoms with Crippen molar-refractivity contribution < 1.29 is 5.11 Å². The second kappa shape index (κ2) is 4.23. The Labute approximate surface area is 100 Å². The van der Waals surface area contributed by atoms with Gasteiger partial charge >= 0.3 is 0 Å². The van der Waals surface area contributed by atoms with Crippen LogP contribution in [0.2, 0.25) is 0 Å². The molecule has 0 aliphatic rings. The van der Waals surface area contributed by atoms with Crippen LogP contribution in [0.25, 0.3) is 5.95 Å². The molecule has 0 saturated heterocycles. The summed E-state index contributed by atoms with van der Waals surface area (Å²) in [5.41, 5.74) is 1.51. The first kappa shape index (κ1) is 10.5. The van der Waals surface area contributed by atoms with Crippen molar-refractivity contribution >= 4 is 22.6 Å². The van der Waals surface area contributed by atoms with E-state index < -0.39 is 0 Å². The lowest BCUT2D eigenvalue weighted by Gasteiger charge is -2.03. The first-order chi connectivity index (χ1) is 7.20. The largest absolute Gasteiger partial charge is 0.392 e. The van der Waals surface area contributed by atoms with Crippen molar-refractivity contribution in [3.8, 4) is 5.95 Å². The second-order valence-electron chi connectivity index (χ2n) is 3.04. The molecule has 0 spiro atoms. The third-order valence-electron chi connectivity index (χ3n) is 1.99. The Bertz CT molecular complexity index is 483. The Balaban J connectivity index is 2.42.